The minimum absolute atomic E-state index is 0.182. The van der Waals surface area contributed by atoms with Crippen LogP contribution in [0.5, 0.6) is 0 Å². The molecule has 0 radical (unpaired) electrons. The SMILES string of the molecule is CCOC1CC(Cc2nnc(C(C)N)o2)C1. The molecule has 2 rings (SSSR count). The van der Waals surface area contributed by atoms with E-state index < -0.39 is 0 Å². The second-order valence-electron chi connectivity index (χ2n) is 4.44. The van der Waals surface area contributed by atoms with E-state index in [4.69, 9.17) is 14.9 Å². The van der Waals surface area contributed by atoms with Crippen molar-refractivity contribution in [3.05, 3.63) is 11.8 Å². The van der Waals surface area contributed by atoms with Crippen LogP contribution in [0.15, 0.2) is 4.42 Å². The molecule has 1 heterocycles. The van der Waals surface area contributed by atoms with E-state index >= 15 is 0 Å². The minimum atomic E-state index is -0.182. The predicted octanol–water partition coefficient (Wildman–Crippen LogP) is 1.45. The van der Waals surface area contributed by atoms with Crippen LogP contribution in [0.25, 0.3) is 0 Å². The first-order chi connectivity index (χ1) is 7.69. The van der Waals surface area contributed by atoms with Gasteiger partial charge in [0.05, 0.1) is 12.1 Å². The van der Waals surface area contributed by atoms with Crippen LogP contribution in [0, 0.1) is 5.92 Å². The average molecular weight is 225 g/mol. The van der Waals surface area contributed by atoms with Crippen LogP contribution < -0.4 is 5.73 Å². The van der Waals surface area contributed by atoms with Crippen LogP contribution in [0.1, 0.15) is 44.5 Å². The standard InChI is InChI=1S/C11H19N3O2/c1-3-15-9-4-8(5-9)6-10-13-14-11(16-10)7(2)12/h7-9H,3-6,12H2,1-2H3. The molecule has 2 N–H and O–H groups in total. The van der Waals surface area contributed by atoms with Gasteiger partial charge >= 0.3 is 0 Å². The molecule has 1 saturated carbocycles. The zero-order valence-electron chi connectivity index (χ0n) is 9.85. The first-order valence-electron chi connectivity index (χ1n) is 5.88. The van der Waals surface area contributed by atoms with Gasteiger partial charge in [0.1, 0.15) is 0 Å². The van der Waals surface area contributed by atoms with Gasteiger partial charge in [0, 0.05) is 13.0 Å². The van der Waals surface area contributed by atoms with Gasteiger partial charge in [0.25, 0.3) is 0 Å². The Kier molecular flexibility index (Phi) is 3.56. The summed E-state index contributed by atoms with van der Waals surface area (Å²) in [6.45, 7) is 4.67. The van der Waals surface area contributed by atoms with Gasteiger partial charge in [-0.25, -0.2) is 0 Å². The third-order valence-electron chi connectivity index (χ3n) is 2.93. The first-order valence-corrected chi connectivity index (χ1v) is 5.88. The Balaban J connectivity index is 1.78. The molecule has 1 atom stereocenters. The number of nitrogens with zero attached hydrogens (tertiary/aromatic N) is 2. The third kappa shape index (κ3) is 2.59. The van der Waals surface area contributed by atoms with Crippen LogP contribution in [-0.2, 0) is 11.2 Å². The molecule has 1 aliphatic rings. The smallest absolute Gasteiger partial charge is 0.232 e. The van der Waals surface area contributed by atoms with Gasteiger partial charge in [-0.1, -0.05) is 0 Å². The van der Waals surface area contributed by atoms with Gasteiger partial charge in [-0.2, -0.15) is 0 Å². The molecule has 0 saturated heterocycles. The van der Waals surface area contributed by atoms with E-state index in [-0.39, 0.29) is 6.04 Å². The summed E-state index contributed by atoms with van der Waals surface area (Å²) >= 11 is 0. The summed E-state index contributed by atoms with van der Waals surface area (Å²) in [5.74, 6) is 1.85. The Morgan fingerprint density at radius 3 is 2.81 bits per heavy atom. The highest BCUT2D eigenvalue weighted by Gasteiger charge is 2.31. The maximum absolute atomic E-state index is 5.65. The Morgan fingerprint density at radius 2 is 2.25 bits per heavy atom. The average Bonchev–Trinajstić information content (AvgIpc) is 2.63. The lowest BCUT2D eigenvalue weighted by Gasteiger charge is -2.33. The fourth-order valence-corrected chi connectivity index (χ4v) is 1.99. The molecule has 0 spiro atoms. The Bertz CT molecular complexity index is 332. The monoisotopic (exact) mass is 225 g/mol. The van der Waals surface area contributed by atoms with Gasteiger partial charge in [-0.05, 0) is 32.6 Å². The number of rotatable bonds is 5. The normalized spacial score (nSPS) is 26.4. The second-order valence-corrected chi connectivity index (χ2v) is 4.44. The highest BCUT2D eigenvalue weighted by atomic mass is 16.5. The molecular formula is C11H19N3O2. The van der Waals surface area contributed by atoms with Gasteiger partial charge in [0.2, 0.25) is 11.8 Å². The first kappa shape index (κ1) is 11.5. The van der Waals surface area contributed by atoms with Crippen LogP contribution in [0.3, 0.4) is 0 Å². The lowest BCUT2D eigenvalue weighted by molar-refractivity contribution is -0.0255. The van der Waals surface area contributed by atoms with Crippen molar-refractivity contribution in [3.8, 4) is 0 Å². The lowest BCUT2D eigenvalue weighted by atomic mass is 9.80. The molecule has 0 amide bonds. The van der Waals surface area contributed by atoms with Crippen LogP contribution in [0.2, 0.25) is 0 Å². The summed E-state index contributed by atoms with van der Waals surface area (Å²) in [6.07, 6.45) is 3.49. The highest BCUT2D eigenvalue weighted by molar-refractivity contribution is 4.91. The molecule has 90 valence electrons. The zero-order valence-corrected chi connectivity index (χ0v) is 9.85. The highest BCUT2D eigenvalue weighted by Crippen LogP contribution is 2.32. The van der Waals surface area contributed by atoms with Gasteiger partial charge in [-0.15, -0.1) is 10.2 Å². The molecule has 1 aromatic rings. The van der Waals surface area contributed by atoms with E-state index in [0.29, 0.717) is 23.8 Å². The van der Waals surface area contributed by atoms with Crippen molar-refractivity contribution in [3.63, 3.8) is 0 Å². The van der Waals surface area contributed by atoms with Crippen molar-refractivity contribution in [1.29, 1.82) is 0 Å². The number of hydrogen-bond acceptors (Lipinski definition) is 5. The van der Waals surface area contributed by atoms with Crippen LogP contribution in [0.4, 0.5) is 0 Å². The van der Waals surface area contributed by atoms with E-state index in [9.17, 15) is 0 Å². The molecule has 0 aliphatic heterocycles. The fraction of sp³-hybridized carbons (Fsp3) is 0.818. The zero-order chi connectivity index (χ0) is 11.5. The van der Waals surface area contributed by atoms with E-state index in [0.717, 1.165) is 25.9 Å². The molecular weight excluding hydrogens is 206 g/mol. The molecule has 1 fully saturated rings. The molecule has 5 heteroatoms. The number of aromatic nitrogens is 2. The molecule has 1 unspecified atom stereocenters. The Hall–Kier alpha value is -0.940. The predicted molar refractivity (Wildman–Crippen MR) is 58.7 cm³/mol. The van der Waals surface area contributed by atoms with Crippen molar-refractivity contribution < 1.29 is 9.15 Å². The molecule has 1 aliphatic carbocycles. The van der Waals surface area contributed by atoms with Crippen molar-refractivity contribution in [1.82, 2.24) is 10.2 Å². The summed E-state index contributed by atoms with van der Waals surface area (Å²) in [4.78, 5) is 0. The fourth-order valence-electron chi connectivity index (χ4n) is 1.99. The maximum atomic E-state index is 5.65. The van der Waals surface area contributed by atoms with Crippen LogP contribution >= 0.6 is 0 Å². The number of nitrogens with two attached hydrogens (primary N) is 1. The van der Waals surface area contributed by atoms with E-state index in [1.165, 1.54) is 0 Å². The van der Waals surface area contributed by atoms with Crippen molar-refractivity contribution >= 4 is 0 Å². The minimum Gasteiger partial charge on any atom is -0.424 e. The van der Waals surface area contributed by atoms with Crippen molar-refractivity contribution in [2.45, 2.75) is 45.3 Å². The third-order valence-corrected chi connectivity index (χ3v) is 2.93. The maximum Gasteiger partial charge on any atom is 0.232 e. The summed E-state index contributed by atoms with van der Waals surface area (Å²) < 4.78 is 11.0. The largest absolute Gasteiger partial charge is 0.424 e. The van der Waals surface area contributed by atoms with Crippen LogP contribution in [-0.4, -0.2) is 22.9 Å². The Morgan fingerprint density at radius 1 is 1.50 bits per heavy atom. The van der Waals surface area contributed by atoms with Crippen molar-refractivity contribution in [2.24, 2.45) is 11.7 Å². The molecule has 16 heavy (non-hydrogen) atoms. The Labute approximate surface area is 95.4 Å². The topological polar surface area (TPSA) is 74.2 Å². The second kappa shape index (κ2) is 4.93. The van der Waals surface area contributed by atoms with Gasteiger partial charge in [-0.3, -0.25) is 0 Å². The molecule has 0 bridgehead atoms. The van der Waals surface area contributed by atoms with E-state index in [1.807, 2.05) is 13.8 Å². The number of hydrogen-bond donors (Lipinski definition) is 1. The lowest BCUT2D eigenvalue weighted by Crippen LogP contribution is -2.32. The van der Waals surface area contributed by atoms with E-state index in [2.05, 4.69) is 10.2 Å². The summed E-state index contributed by atoms with van der Waals surface area (Å²) in [6, 6.07) is -0.182. The van der Waals surface area contributed by atoms with Crippen molar-refractivity contribution in [2.75, 3.05) is 6.61 Å². The summed E-state index contributed by atoms with van der Waals surface area (Å²) in [5, 5.41) is 7.90. The quantitative estimate of drug-likeness (QED) is 0.820. The van der Waals surface area contributed by atoms with Gasteiger partial charge < -0.3 is 14.9 Å². The molecule has 1 aromatic heterocycles. The summed E-state index contributed by atoms with van der Waals surface area (Å²) in [5.41, 5.74) is 5.65. The molecule has 0 aromatic carbocycles. The summed E-state index contributed by atoms with van der Waals surface area (Å²) in [7, 11) is 0. The van der Waals surface area contributed by atoms with Gasteiger partial charge in [0.15, 0.2) is 0 Å². The van der Waals surface area contributed by atoms with E-state index in [1.54, 1.807) is 0 Å². The molecule has 5 nitrogen and oxygen atoms in total. The number of ether oxygens (including phenoxy) is 1.